The smallest absolute Gasteiger partial charge is 0.255 e. The molecule has 0 saturated carbocycles. The number of nitrogens with one attached hydrogen (secondary N) is 1. The maximum Gasteiger partial charge on any atom is 0.255 e. The molecule has 0 aliphatic heterocycles. The highest BCUT2D eigenvalue weighted by Crippen LogP contribution is 2.20. The Bertz CT molecular complexity index is 1160. The largest absolute Gasteiger partial charge is 0.491 e. The number of ether oxygens (including phenoxy) is 1. The third-order valence-corrected chi connectivity index (χ3v) is 4.93. The number of fused-ring (bicyclic) bond motifs is 1. The maximum absolute atomic E-state index is 12.6. The van der Waals surface area contributed by atoms with Crippen molar-refractivity contribution in [1.82, 2.24) is 15.0 Å². The first-order valence-corrected chi connectivity index (χ1v) is 10.0. The molecule has 0 spiro atoms. The van der Waals surface area contributed by atoms with Crippen LogP contribution in [0.4, 0.5) is 5.69 Å². The van der Waals surface area contributed by atoms with E-state index in [1.54, 1.807) is 16.9 Å². The molecule has 1 N–H and O–H groups in total. The maximum atomic E-state index is 12.6. The summed E-state index contributed by atoms with van der Waals surface area (Å²) in [6, 6.07) is 20.7. The quantitative estimate of drug-likeness (QED) is 0.485. The van der Waals surface area contributed by atoms with Gasteiger partial charge in [0, 0.05) is 11.3 Å². The Morgan fingerprint density at radius 1 is 1.00 bits per heavy atom. The number of carbonyl (C=O) groups is 1. The molecule has 6 nitrogen and oxygen atoms in total. The molecule has 0 aliphatic rings. The lowest BCUT2D eigenvalue weighted by atomic mass is 10.2. The number of benzene rings is 3. The summed E-state index contributed by atoms with van der Waals surface area (Å²) in [6.07, 6.45) is 1.07. The Hall–Kier alpha value is -3.67. The van der Waals surface area contributed by atoms with Crippen LogP contribution in [0, 0.1) is 6.92 Å². The Kier molecular flexibility index (Phi) is 5.48. The Morgan fingerprint density at radius 3 is 2.40 bits per heavy atom. The van der Waals surface area contributed by atoms with Crippen LogP contribution < -0.4 is 10.1 Å². The van der Waals surface area contributed by atoms with Gasteiger partial charge in [-0.25, -0.2) is 0 Å². The van der Waals surface area contributed by atoms with E-state index < -0.39 is 0 Å². The predicted molar refractivity (Wildman–Crippen MR) is 118 cm³/mol. The zero-order chi connectivity index (χ0) is 21.1. The average molecular weight is 400 g/mol. The van der Waals surface area contributed by atoms with Gasteiger partial charge in [-0.2, -0.15) is 4.80 Å². The first-order valence-electron chi connectivity index (χ1n) is 10.0. The van der Waals surface area contributed by atoms with E-state index in [0.717, 1.165) is 23.4 Å². The highest BCUT2D eigenvalue weighted by Gasteiger charge is 2.10. The van der Waals surface area contributed by atoms with Gasteiger partial charge in [-0.3, -0.25) is 4.79 Å². The molecule has 1 unspecified atom stereocenters. The lowest BCUT2D eigenvalue weighted by Crippen LogP contribution is -2.12. The van der Waals surface area contributed by atoms with Crippen molar-refractivity contribution < 1.29 is 9.53 Å². The first-order chi connectivity index (χ1) is 14.5. The van der Waals surface area contributed by atoms with Gasteiger partial charge in [0.05, 0.1) is 11.8 Å². The molecule has 6 heteroatoms. The van der Waals surface area contributed by atoms with E-state index in [1.807, 2.05) is 68.4 Å². The van der Waals surface area contributed by atoms with Gasteiger partial charge in [0.25, 0.3) is 5.91 Å². The van der Waals surface area contributed by atoms with E-state index >= 15 is 0 Å². The van der Waals surface area contributed by atoms with Crippen LogP contribution in [0.1, 0.15) is 36.2 Å². The number of nitrogens with zero attached hydrogens (tertiary/aromatic N) is 3. The monoisotopic (exact) mass is 400 g/mol. The van der Waals surface area contributed by atoms with Crippen molar-refractivity contribution in [1.29, 1.82) is 0 Å². The number of aryl methyl sites for hydroxylation is 1. The molecule has 1 aromatic heterocycles. The average Bonchev–Trinajstić information content (AvgIpc) is 3.18. The topological polar surface area (TPSA) is 69.0 Å². The molecular formula is C24H24N4O2. The minimum Gasteiger partial charge on any atom is -0.491 e. The van der Waals surface area contributed by atoms with Crippen LogP contribution in [0.3, 0.4) is 0 Å². The van der Waals surface area contributed by atoms with Crippen molar-refractivity contribution in [2.24, 2.45) is 0 Å². The van der Waals surface area contributed by atoms with Crippen molar-refractivity contribution in [3.63, 3.8) is 0 Å². The molecule has 0 aliphatic carbocycles. The fourth-order valence-corrected chi connectivity index (χ4v) is 2.99. The van der Waals surface area contributed by atoms with Crippen LogP contribution in [-0.2, 0) is 0 Å². The third-order valence-electron chi connectivity index (χ3n) is 4.93. The van der Waals surface area contributed by atoms with E-state index in [1.165, 1.54) is 5.56 Å². The first kappa shape index (κ1) is 19.6. The standard InChI is InChI=1S/C24H24N4O2/c1-4-17(3)30-21-12-7-18(8-13-21)24(29)25-19-9-14-22-23(15-19)27-28(26-22)20-10-5-16(2)6-11-20/h5-15,17H,4H2,1-3H3,(H,25,29). The molecule has 3 aromatic carbocycles. The van der Waals surface area contributed by atoms with E-state index in [-0.39, 0.29) is 12.0 Å². The molecule has 30 heavy (non-hydrogen) atoms. The zero-order valence-electron chi connectivity index (χ0n) is 17.3. The highest BCUT2D eigenvalue weighted by molar-refractivity contribution is 6.05. The highest BCUT2D eigenvalue weighted by atomic mass is 16.5. The fourth-order valence-electron chi connectivity index (χ4n) is 2.99. The van der Waals surface area contributed by atoms with E-state index in [4.69, 9.17) is 4.74 Å². The number of carbonyl (C=O) groups excluding carboxylic acids is 1. The Balaban J connectivity index is 1.49. The molecule has 0 saturated heterocycles. The second-order valence-corrected chi connectivity index (χ2v) is 7.34. The van der Waals surface area contributed by atoms with Gasteiger partial charge in [-0.05, 0) is 74.9 Å². The van der Waals surface area contributed by atoms with Crippen molar-refractivity contribution >= 4 is 22.6 Å². The van der Waals surface area contributed by atoms with Crippen molar-refractivity contribution in [2.75, 3.05) is 5.32 Å². The molecule has 1 heterocycles. The van der Waals surface area contributed by atoms with Gasteiger partial charge >= 0.3 is 0 Å². The minimum absolute atomic E-state index is 0.143. The van der Waals surface area contributed by atoms with Crippen LogP contribution in [0.2, 0.25) is 0 Å². The van der Waals surface area contributed by atoms with Gasteiger partial charge < -0.3 is 10.1 Å². The predicted octanol–water partition coefficient (Wildman–Crippen LogP) is 5.16. The van der Waals surface area contributed by atoms with Crippen LogP contribution in [0.25, 0.3) is 16.7 Å². The molecule has 0 radical (unpaired) electrons. The van der Waals surface area contributed by atoms with Crippen LogP contribution in [0.5, 0.6) is 5.75 Å². The van der Waals surface area contributed by atoms with Crippen LogP contribution in [-0.4, -0.2) is 27.0 Å². The Labute approximate surface area is 175 Å². The zero-order valence-corrected chi connectivity index (χ0v) is 17.3. The third kappa shape index (κ3) is 4.33. The number of aromatic nitrogens is 3. The fraction of sp³-hybridized carbons (Fsp3) is 0.208. The summed E-state index contributed by atoms with van der Waals surface area (Å²) in [5.74, 6) is 0.574. The molecule has 0 bridgehead atoms. The van der Waals surface area contributed by atoms with Crippen molar-refractivity contribution in [3.8, 4) is 11.4 Å². The summed E-state index contributed by atoms with van der Waals surface area (Å²) >= 11 is 0. The number of amides is 1. The SMILES string of the molecule is CCC(C)Oc1ccc(C(=O)Nc2ccc3nn(-c4ccc(C)cc4)nc3c2)cc1. The number of hydrogen-bond acceptors (Lipinski definition) is 4. The van der Waals surface area contributed by atoms with Crippen LogP contribution in [0.15, 0.2) is 66.7 Å². The summed E-state index contributed by atoms with van der Waals surface area (Å²) in [7, 11) is 0. The molecule has 4 aromatic rings. The van der Waals surface area contributed by atoms with Gasteiger partial charge in [0.15, 0.2) is 0 Å². The molecule has 1 amide bonds. The lowest BCUT2D eigenvalue weighted by Gasteiger charge is -2.12. The molecule has 4 rings (SSSR count). The number of rotatable bonds is 6. The molecule has 1 atom stereocenters. The normalized spacial score (nSPS) is 12.0. The van der Waals surface area contributed by atoms with E-state index in [9.17, 15) is 4.79 Å². The van der Waals surface area contributed by atoms with Crippen LogP contribution >= 0.6 is 0 Å². The van der Waals surface area contributed by atoms with Gasteiger partial charge in [0.1, 0.15) is 16.8 Å². The summed E-state index contributed by atoms with van der Waals surface area (Å²) in [4.78, 5) is 14.2. The second kappa shape index (κ2) is 8.37. The van der Waals surface area contributed by atoms with E-state index in [0.29, 0.717) is 16.8 Å². The van der Waals surface area contributed by atoms with Crippen molar-refractivity contribution in [3.05, 3.63) is 77.9 Å². The second-order valence-electron chi connectivity index (χ2n) is 7.34. The summed E-state index contributed by atoms with van der Waals surface area (Å²) in [6.45, 7) is 6.13. The van der Waals surface area contributed by atoms with Crippen molar-refractivity contribution in [2.45, 2.75) is 33.3 Å². The van der Waals surface area contributed by atoms with Gasteiger partial charge in [0.2, 0.25) is 0 Å². The Morgan fingerprint density at radius 2 is 1.70 bits per heavy atom. The van der Waals surface area contributed by atoms with Gasteiger partial charge in [-0.15, -0.1) is 10.2 Å². The molecular weight excluding hydrogens is 376 g/mol. The molecule has 0 fully saturated rings. The number of hydrogen-bond donors (Lipinski definition) is 1. The summed E-state index contributed by atoms with van der Waals surface area (Å²) in [5.41, 5.74) is 4.78. The number of anilines is 1. The summed E-state index contributed by atoms with van der Waals surface area (Å²) < 4.78 is 5.76. The minimum atomic E-state index is -0.185. The lowest BCUT2D eigenvalue weighted by molar-refractivity contribution is 0.102. The summed E-state index contributed by atoms with van der Waals surface area (Å²) in [5, 5.41) is 12.0. The van der Waals surface area contributed by atoms with Gasteiger partial charge in [-0.1, -0.05) is 24.6 Å². The van der Waals surface area contributed by atoms with E-state index in [2.05, 4.69) is 22.4 Å². The molecule has 152 valence electrons.